The van der Waals surface area contributed by atoms with Crippen molar-refractivity contribution in [2.24, 2.45) is 5.92 Å². The van der Waals surface area contributed by atoms with E-state index in [1.165, 1.54) is 6.20 Å². The van der Waals surface area contributed by atoms with Crippen LogP contribution in [0.25, 0.3) is 0 Å². The largest absolute Gasteiger partial charge is 0.481 e. The van der Waals surface area contributed by atoms with Crippen molar-refractivity contribution in [2.45, 2.75) is 19.3 Å². The van der Waals surface area contributed by atoms with Gasteiger partial charge in [0.2, 0.25) is 0 Å². The number of rotatable bonds is 6. The van der Waals surface area contributed by atoms with Gasteiger partial charge in [-0.25, -0.2) is 0 Å². The molecule has 2 N–H and O–H groups in total. The molecule has 1 aromatic carbocycles. The van der Waals surface area contributed by atoms with Crippen LogP contribution in [0.1, 0.15) is 18.4 Å². The van der Waals surface area contributed by atoms with E-state index in [-0.39, 0.29) is 11.5 Å². The molecule has 1 aliphatic heterocycles. The molecule has 6 nitrogen and oxygen atoms in total. The van der Waals surface area contributed by atoms with Crippen molar-refractivity contribution in [3.63, 3.8) is 0 Å². The fourth-order valence-corrected chi connectivity index (χ4v) is 3.21. The lowest BCUT2D eigenvalue weighted by atomic mass is 9.97. The maximum atomic E-state index is 12.4. The molecule has 0 bridgehead atoms. The van der Waals surface area contributed by atoms with E-state index in [0.717, 1.165) is 16.5 Å². The zero-order chi connectivity index (χ0) is 18.2. The predicted octanol–water partition coefficient (Wildman–Crippen LogP) is 2.31. The van der Waals surface area contributed by atoms with Gasteiger partial charge in [-0.1, -0.05) is 34.1 Å². The number of carboxylic acids is 1. The number of likely N-dealkylation sites (tertiary alicyclic amines) is 1. The third-order valence-corrected chi connectivity index (χ3v) is 5.00. The van der Waals surface area contributed by atoms with Gasteiger partial charge >= 0.3 is 5.97 Å². The van der Waals surface area contributed by atoms with Crippen LogP contribution < -0.4 is 5.32 Å². The number of piperidine rings is 1. The summed E-state index contributed by atoms with van der Waals surface area (Å²) >= 11 is 3.48. The average Bonchev–Trinajstić information content (AvgIpc) is 2.63. The Balaban J connectivity index is 1.85. The van der Waals surface area contributed by atoms with Crippen molar-refractivity contribution in [1.29, 1.82) is 5.26 Å². The van der Waals surface area contributed by atoms with Gasteiger partial charge in [0, 0.05) is 30.3 Å². The number of benzene rings is 1. The lowest BCUT2D eigenvalue weighted by Crippen LogP contribution is -2.41. The summed E-state index contributed by atoms with van der Waals surface area (Å²) in [6, 6.07) is 9.81. The Kier molecular flexibility index (Phi) is 7.02. The quantitative estimate of drug-likeness (QED) is 0.430. The standard InChI is InChI=1S/C18H20BrN3O3/c19-16-4-2-1-3-13(16)5-8-21-12-15(11-20)17(23)22-9-6-14(7-10-22)18(24)25/h1-4,12,14,21H,5-10H2,(H,24,25)/b15-12-. The van der Waals surface area contributed by atoms with Crippen LogP contribution in [-0.2, 0) is 16.0 Å². The first kappa shape index (κ1) is 19.0. The predicted molar refractivity (Wildman–Crippen MR) is 96.5 cm³/mol. The van der Waals surface area contributed by atoms with Crippen molar-refractivity contribution in [2.75, 3.05) is 19.6 Å². The number of carboxylic acid groups (broad SMARTS) is 1. The van der Waals surface area contributed by atoms with Crippen LogP contribution in [0, 0.1) is 17.2 Å². The highest BCUT2D eigenvalue weighted by Gasteiger charge is 2.28. The molecule has 0 aromatic heterocycles. The summed E-state index contributed by atoms with van der Waals surface area (Å²) in [5.41, 5.74) is 1.19. The number of carbonyl (C=O) groups is 2. The van der Waals surface area contributed by atoms with Gasteiger partial charge in [0.1, 0.15) is 11.6 Å². The van der Waals surface area contributed by atoms with Crippen molar-refractivity contribution >= 4 is 27.8 Å². The number of amides is 1. The average molecular weight is 406 g/mol. The number of halogens is 1. The summed E-state index contributed by atoms with van der Waals surface area (Å²) in [6.07, 6.45) is 3.06. The molecule has 1 fully saturated rings. The monoisotopic (exact) mass is 405 g/mol. The smallest absolute Gasteiger partial charge is 0.306 e. The minimum atomic E-state index is -0.822. The molecule has 1 saturated heterocycles. The van der Waals surface area contributed by atoms with Crippen LogP contribution in [0.2, 0.25) is 0 Å². The zero-order valence-corrected chi connectivity index (χ0v) is 15.3. The number of hydrogen-bond donors (Lipinski definition) is 2. The van der Waals surface area contributed by atoms with Gasteiger partial charge in [-0.2, -0.15) is 5.26 Å². The Morgan fingerprint density at radius 2 is 2.04 bits per heavy atom. The molecule has 1 heterocycles. The van der Waals surface area contributed by atoms with Crippen molar-refractivity contribution < 1.29 is 14.7 Å². The van der Waals surface area contributed by atoms with E-state index in [0.29, 0.717) is 32.5 Å². The Hall–Kier alpha value is -2.33. The molecule has 0 saturated carbocycles. The maximum absolute atomic E-state index is 12.4. The van der Waals surface area contributed by atoms with Crippen LogP contribution in [0.15, 0.2) is 40.5 Å². The number of nitriles is 1. The molecular formula is C18H20BrN3O3. The molecule has 2 rings (SSSR count). The van der Waals surface area contributed by atoms with Gasteiger partial charge in [-0.15, -0.1) is 0 Å². The van der Waals surface area contributed by atoms with Gasteiger partial charge in [0.25, 0.3) is 5.91 Å². The minimum absolute atomic E-state index is 0.0425. The first-order valence-electron chi connectivity index (χ1n) is 8.12. The van der Waals surface area contributed by atoms with Crippen molar-refractivity contribution in [3.8, 4) is 6.07 Å². The second kappa shape index (κ2) is 9.23. The van der Waals surface area contributed by atoms with Gasteiger partial charge in [0.05, 0.1) is 5.92 Å². The Bertz CT molecular complexity index is 704. The summed E-state index contributed by atoms with van der Waals surface area (Å²) in [6.45, 7) is 1.33. The van der Waals surface area contributed by atoms with Gasteiger partial charge in [-0.3, -0.25) is 9.59 Å². The molecule has 0 atom stereocenters. The Morgan fingerprint density at radius 3 is 2.64 bits per heavy atom. The zero-order valence-electron chi connectivity index (χ0n) is 13.7. The Labute approximate surface area is 155 Å². The van der Waals surface area contributed by atoms with Gasteiger partial charge in [-0.05, 0) is 30.9 Å². The molecule has 1 amide bonds. The summed E-state index contributed by atoms with van der Waals surface area (Å²) in [4.78, 5) is 24.9. The SMILES string of the molecule is N#C/C(=C/NCCc1ccccc1Br)C(=O)N1CCC(C(=O)O)CC1. The molecule has 0 spiro atoms. The number of nitrogens with zero attached hydrogens (tertiary/aromatic N) is 2. The fraction of sp³-hybridized carbons (Fsp3) is 0.389. The molecule has 132 valence electrons. The van der Waals surface area contributed by atoms with E-state index in [1.54, 1.807) is 4.90 Å². The van der Waals surface area contributed by atoms with Crippen LogP contribution in [0.3, 0.4) is 0 Å². The third-order valence-electron chi connectivity index (χ3n) is 4.23. The second-order valence-corrected chi connectivity index (χ2v) is 6.72. The lowest BCUT2D eigenvalue weighted by Gasteiger charge is -2.29. The number of aliphatic carboxylic acids is 1. The second-order valence-electron chi connectivity index (χ2n) is 5.87. The minimum Gasteiger partial charge on any atom is -0.481 e. The van der Waals surface area contributed by atoms with E-state index < -0.39 is 11.9 Å². The van der Waals surface area contributed by atoms with E-state index in [2.05, 4.69) is 21.2 Å². The molecule has 0 radical (unpaired) electrons. The first-order valence-corrected chi connectivity index (χ1v) is 8.91. The van der Waals surface area contributed by atoms with Crippen LogP contribution in [-0.4, -0.2) is 41.5 Å². The molecule has 0 aliphatic carbocycles. The molecule has 0 unspecified atom stereocenters. The highest BCUT2D eigenvalue weighted by molar-refractivity contribution is 9.10. The van der Waals surface area contributed by atoms with Crippen LogP contribution in [0.4, 0.5) is 0 Å². The number of carbonyl (C=O) groups excluding carboxylic acids is 1. The summed E-state index contributed by atoms with van der Waals surface area (Å²) in [7, 11) is 0. The normalized spacial score (nSPS) is 15.5. The van der Waals surface area contributed by atoms with E-state index in [4.69, 9.17) is 5.11 Å². The third kappa shape index (κ3) is 5.33. The van der Waals surface area contributed by atoms with Crippen molar-refractivity contribution in [3.05, 3.63) is 46.1 Å². The van der Waals surface area contributed by atoms with E-state index in [1.807, 2.05) is 30.3 Å². The maximum Gasteiger partial charge on any atom is 0.306 e. The van der Waals surface area contributed by atoms with Crippen LogP contribution >= 0.6 is 15.9 Å². The fourth-order valence-electron chi connectivity index (χ4n) is 2.72. The highest BCUT2D eigenvalue weighted by Crippen LogP contribution is 2.19. The highest BCUT2D eigenvalue weighted by atomic mass is 79.9. The molecule has 7 heteroatoms. The molecule has 1 aliphatic rings. The number of nitrogens with one attached hydrogen (secondary N) is 1. The van der Waals surface area contributed by atoms with E-state index >= 15 is 0 Å². The molecule has 25 heavy (non-hydrogen) atoms. The summed E-state index contributed by atoms with van der Waals surface area (Å²) in [5, 5.41) is 21.2. The Morgan fingerprint density at radius 1 is 1.36 bits per heavy atom. The van der Waals surface area contributed by atoms with Crippen LogP contribution in [0.5, 0.6) is 0 Å². The molecular weight excluding hydrogens is 386 g/mol. The summed E-state index contributed by atoms with van der Waals surface area (Å²) in [5.74, 6) is -1.57. The topological polar surface area (TPSA) is 93.4 Å². The summed E-state index contributed by atoms with van der Waals surface area (Å²) < 4.78 is 1.03. The molecule has 1 aromatic rings. The van der Waals surface area contributed by atoms with Crippen molar-refractivity contribution in [1.82, 2.24) is 10.2 Å². The van der Waals surface area contributed by atoms with E-state index in [9.17, 15) is 14.9 Å². The number of hydrogen-bond acceptors (Lipinski definition) is 4. The van der Waals surface area contributed by atoms with Gasteiger partial charge in [0.15, 0.2) is 0 Å². The van der Waals surface area contributed by atoms with Gasteiger partial charge < -0.3 is 15.3 Å². The lowest BCUT2D eigenvalue weighted by molar-refractivity contribution is -0.145. The first-order chi connectivity index (χ1) is 12.0.